The van der Waals surface area contributed by atoms with Crippen molar-refractivity contribution in [3.63, 3.8) is 0 Å². The van der Waals surface area contributed by atoms with Crippen molar-refractivity contribution in [3.8, 4) is 0 Å². The van der Waals surface area contributed by atoms with Crippen molar-refractivity contribution in [2.45, 2.75) is 45.1 Å². The van der Waals surface area contributed by atoms with Gasteiger partial charge in [-0.2, -0.15) is 0 Å². The number of thiazole rings is 1. The molecule has 18 heavy (non-hydrogen) atoms. The van der Waals surface area contributed by atoms with Crippen LogP contribution in [-0.4, -0.2) is 34.3 Å². The molecule has 1 amide bonds. The molecular formula is C13H19ClN2OS. The van der Waals surface area contributed by atoms with E-state index in [4.69, 9.17) is 11.6 Å². The molecule has 1 heterocycles. The molecule has 0 spiro atoms. The highest BCUT2D eigenvalue weighted by molar-refractivity contribution is 7.09. The molecule has 2 rings (SSSR count). The topological polar surface area (TPSA) is 33.2 Å². The quantitative estimate of drug-likeness (QED) is 0.794. The maximum atomic E-state index is 12.5. The highest BCUT2D eigenvalue weighted by Crippen LogP contribution is 2.24. The van der Waals surface area contributed by atoms with E-state index < -0.39 is 0 Å². The zero-order valence-corrected chi connectivity index (χ0v) is 12.3. The summed E-state index contributed by atoms with van der Waals surface area (Å²) in [5, 5.41) is 2.79. The molecule has 0 saturated heterocycles. The number of rotatable bonds is 4. The largest absolute Gasteiger partial charge is 0.333 e. The minimum Gasteiger partial charge on any atom is -0.333 e. The first-order valence-corrected chi connectivity index (χ1v) is 7.93. The highest BCUT2D eigenvalue weighted by atomic mass is 35.5. The molecule has 0 N–H and O–H groups in total. The van der Waals surface area contributed by atoms with Gasteiger partial charge >= 0.3 is 0 Å². The summed E-state index contributed by atoms with van der Waals surface area (Å²) in [6, 6.07) is 0.354. The van der Waals surface area contributed by atoms with Crippen molar-refractivity contribution in [3.05, 3.63) is 16.1 Å². The van der Waals surface area contributed by atoms with E-state index in [0.717, 1.165) is 17.8 Å². The summed E-state index contributed by atoms with van der Waals surface area (Å²) in [7, 11) is 0. The summed E-state index contributed by atoms with van der Waals surface area (Å²) >= 11 is 7.36. The number of amides is 1. The third-order valence-corrected chi connectivity index (χ3v) is 4.38. The van der Waals surface area contributed by atoms with Crippen LogP contribution >= 0.6 is 22.9 Å². The number of nitrogens with zero attached hydrogens (tertiary/aromatic N) is 2. The predicted octanol–water partition coefficient (Wildman–Crippen LogP) is 3.47. The average molecular weight is 287 g/mol. The van der Waals surface area contributed by atoms with E-state index in [9.17, 15) is 4.79 Å². The summed E-state index contributed by atoms with van der Waals surface area (Å²) < 4.78 is 0. The number of hydrogen-bond acceptors (Lipinski definition) is 3. The van der Waals surface area contributed by atoms with Gasteiger partial charge in [0.25, 0.3) is 5.91 Å². The van der Waals surface area contributed by atoms with Crippen LogP contribution in [0.2, 0.25) is 0 Å². The molecule has 1 aliphatic rings. The summed E-state index contributed by atoms with van der Waals surface area (Å²) in [6.45, 7) is 2.55. The Hall–Kier alpha value is -0.610. The molecule has 0 bridgehead atoms. The molecule has 1 aromatic heterocycles. The lowest BCUT2D eigenvalue weighted by Crippen LogP contribution is -2.42. The van der Waals surface area contributed by atoms with Gasteiger partial charge in [0, 0.05) is 23.8 Å². The Kier molecular flexibility index (Phi) is 5.01. The Bertz CT molecular complexity index is 401. The van der Waals surface area contributed by atoms with Crippen LogP contribution in [-0.2, 0) is 0 Å². The van der Waals surface area contributed by atoms with Crippen molar-refractivity contribution >= 4 is 28.8 Å². The second-order valence-corrected chi connectivity index (χ2v) is 6.17. The highest BCUT2D eigenvalue weighted by Gasteiger charge is 2.26. The van der Waals surface area contributed by atoms with E-state index >= 15 is 0 Å². The smallest absolute Gasteiger partial charge is 0.273 e. The zero-order valence-electron chi connectivity index (χ0n) is 10.7. The van der Waals surface area contributed by atoms with E-state index in [1.54, 1.807) is 0 Å². The van der Waals surface area contributed by atoms with Crippen molar-refractivity contribution in [2.75, 3.05) is 12.4 Å². The van der Waals surface area contributed by atoms with E-state index in [2.05, 4.69) is 4.98 Å². The lowest BCUT2D eigenvalue weighted by Gasteiger charge is -2.33. The van der Waals surface area contributed by atoms with Crippen LogP contribution in [0.5, 0.6) is 0 Å². The van der Waals surface area contributed by atoms with Crippen LogP contribution in [0.1, 0.15) is 47.6 Å². The Balaban J connectivity index is 2.10. The van der Waals surface area contributed by atoms with Gasteiger partial charge in [0.2, 0.25) is 0 Å². The third kappa shape index (κ3) is 3.23. The molecule has 0 aromatic carbocycles. The predicted molar refractivity (Wildman–Crippen MR) is 75.5 cm³/mol. The zero-order chi connectivity index (χ0) is 13.0. The number of halogens is 1. The van der Waals surface area contributed by atoms with Gasteiger partial charge in [-0.1, -0.05) is 19.3 Å². The average Bonchev–Trinajstić information content (AvgIpc) is 2.83. The molecule has 1 aliphatic carbocycles. The summed E-state index contributed by atoms with van der Waals surface area (Å²) in [5.74, 6) is 0.539. The Labute approximate surface area is 117 Å². The maximum Gasteiger partial charge on any atom is 0.273 e. The fourth-order valence-corrected chi connectivity index (χ4v) is 3.31. The minimum absolute atomic E-state index is 0.0481. The lowest BCUT2D eigenvalue weighted by atomic mass is 9.94. The molecule has 0 unspecified atom stereocenters. The summed E-state index contributed by atoms with van der Waals surface area (Å²) in [5.41, 5.74) is 0.577. The fourth-order valence-electron chi connectivity index (χ4n) is 2.54. The number of carbonyl (C=O) groups is 1. The SMILES string of the molecule is Cc1nc(C(=O)N(CCCl)C2CCCCC2)cs1. The molecule has 0 atom stereocenters. The Morgan fingerprint density at radius 3 is 2.78 bits per heavy atom. The lowest BCUT2D eigenvalue weighted by molar-refractivity contribution is 0.0644. The molecule has 0 aliphatic heterocycles. The van der Waals surface area contributed by atoms with Crippen LogP contribution in [0.15, 0.2) is 5.38 Å². The first kappa shape index (κ1) is 13.8. The van der Waals surface area contributed by atoms with Gasteiger partial charge in [0.1, 0.15) is 5.69 Å². The monoisotopic (exact) mass is 286 g/mol. The van der Waals surface area contributed by atoms with Crippen molar-refractivity contribution in [1.82, 2.24) is 9.88 Å². The van der Waals surface area contributed by atoms with Crippen LogP contribution in [0, 0.1) is 6.92 Å². The molecule has 100 valence electrons. The van der Waals surface area contributed by atoms with Crippen molar-refractivity contribution in [1.29, 1.82) is 0 Å². The second-order valence-electron chi connectivity index (χ2n) is 4.73. The number of aryl methyl sites for hydroxylation is 1. The second kappa shape index (κ2) is 6.53. The van der Waals surface area contributed by atoms with E-state index in [0.29, 0.717) is 24.2 Å². The molecular weight excluding hydrogens is 268 g/mol. The van der Waals surface area contributed by atoms with Crippen LogP contribution in [0.4, 0.5) is 0 Å². The first-order chi connectivity index (χ1) is 8.72. The van der Waals surface area contributed by atoms with Gasteiger partial charge in [0.15, 0.2) is 0 Å². The molecule has 5 heteroatoms. The first-order valence-electron chi connectivity index (χ1n) is 6.51. The van der Waals surface area contributed by atoms with Crippen molar-refractivity contribution in [2.24, 2.45) is 0 Å². The van der Waals surface area contributed by atoms with Gasteiger partial charge in [-0.25, -0.2) is 4.98 Å². The van der Waals surface area contributed by atoms with Gasteiger partial charge in [-0.05, 0) is 19.8 Å². The normalized spacial score (nSPS) is 16.8. The number of hydrogen-bond donors (Lipinski definition) is 0. The molecule has 0 radical (unpaired) electrons. The van der Waals surface area contributed by atoms with Gasteiger partial charge in [-0.15, -0.1) is 22.9 Å². The van der Waals surface area contributed by atoms with Gasteiger partial charge in [0.05, 0.1) is 5.01 Å². The number of alkyl halides is 1. The minimum atomic E-state index is 0.0481. The van der Waals surface area contributed by atoms with Gasteiger partial charge in [-0.3, -0.25) is 4.79 Å². The van der Waals surface area contributed by atoms with E-state index in [1.165, 1.54) is 30.6 Å². The Morgan fingerprint density at radius 1 is 1.50 bits per heavy atom. The number of carbonyl (C=O) groups excluding carboxylic acids is 1. The van der Waals surface area contributed by atoms with Crippen LogP contribution in [0.25, 0.3) is 0 Å². The van der Waals surface area contributed by atoms with E-state index in [1.807, 2.05) is 17.2 Å². The van der Waals surface area contributed by atoms with E-state index in [-0.39, 0.29) is 5.91 Å². The number of aromatic nitrogens is 1. The maximum absolute atomic E-state index is 12.5. The third-order valence-electron chi connectivity index (χ3n) is 3.44. The molecule has 1 saturated carbocycles. The Morgan fingerprint density at radius 2 is 2.22 bits per heavy atom. The molecule has 1 fully saturated rings. The standard InChI is InChI=1S/C13H19ClN2OS/c1-10-15-12(9-18-10)13(17)16(8-7-14)11-5-3-2-4-6-11/h9,11H,2-8H2,1H3. The van der Waals surface area contributed by atoms with Gasteiger partial charge < -0.3 is 4.90 Å². The van der Waals surface area contributed by atoms with Crippen LogP contribution in [0.3, 0.4) is 0 Å². The van der Waals surface area contributed by atoms with Crippen LogP contribution < -0.4 is 0 Å². The summed E-state index contributed by atoms with van der Waals surface area (Å²) in [4.78, 5) is 18.7. The van der Waals surface area contributed by atoms with Crippen molar-refractivity contribution < 1.29 is 4.79 Å². The summed E-state index contributed by atoms with van der Waals surface area (Å²) in [6.07, 6.45) is 5.92. The molecule has 3 nitrogen and oxygen atoms in total. The fraction of sp³-hybridized carbons (Fsp3) is 0.692. The molecule has 1 aromatic rings.